The first kappa shape index (κ1) is 14.3. The zero-order valence-corrected chi connectivity index (χ0v) is 7.66. The Labute approximate surface area is 73.6 Å². The molecule has 0 aromatic carbocycles. The van der Waals surface area contributed by atoms with Gasteiger partial charge in [0, 0.05) is 20.2 Å². The van der Waals surface area contributed by atoms with E-state index in [0.29, 0.717) is 39.5 Å². The molecule has 12 heavy (non-hydrogen) atoms. The van der Waals surface area contributed by atoms with Crippen LogP contribution in [0.25, 0.3) is 0 Å². The molecular weight excluding hydrogens is 160 g/mol. The van der Waals surface area contributed by atoms with Crippen LogP contribution in [0.1, 0.15) is 0 Å². The number of aliphatic hydroxyl groups excluding tert-OH is 1. The Morgan fingerprint density at radius 2 is 1.17 bits per heavy atom. The first-order chi connectivity index (χ1) is 5.91. The first-order valence-corrected chi connectivity index (χ1v) is 3.92. The highest BCUT2D eigenvalue weighted by atomic mass is 16.5. The van der Waals surface area contributed by atoms with Gasteiger partial charge < -0.3 is 26.0 Å². The number of hydrogen-bond donors (Lipinski definition) is 3. The van der Waals surface area contributed by atoms with Crippen molar-refractivity contribution in [3.8, 4) is 0 Å². The summed E-state index contributed by atoms with van der Waals surface area (Å²) in [4.78, 5) is 0. The van der Waals surface area contributed by atoms with Crippen molar-refractivity contribution in [2.45, 2.75) is 0 Å². The number of hydrogen-bond acceptors (Lipinski definition) is 5. The molecule has 0 aromatic heterocycles. The Kier molecular flexibility index (Phi) is 20.4. The zero-order valence-electron chi connectivity index (χ0n) is 7.66. The van der Waals surface area contributed by atoms with Gasteiger partial charge in [-0.2, -0.15) is 0 Å². The van der Waals surface area contributed by atoms with Crippen LogP contribution in [0.2, 0.25) is 0 Å². The topological polar surface area (TPSA) is 90.7 Å². The van der Waals surface area contributed by atoms with Crippen molar-refractivity contribution >= 4 is 0 Å². The Morgan fingerprint density at radius 1 is 0.833 bits per heavy atom. The van der Waals surface area contributed by atoms with Gasteiger partial charge in [-0.25, -0.2) is 0 Å². The fourth-order valence-corrected chi connectivity index (χ4v) is 0.489. The lowest BCUT2D eigenvalue weighted by Crippen LogP contribution is -2.14. The minimum absolute atomic E-state index is 0.566. The maximum atomic E-state index is 7.00. The third-order valence-corrected chi connectivity index (χ3v) is 0.896. The van der Waals surface area contributed by atoms with Crippen molar-refractivity contribution in [1.29, 1.82) is 0 Å². The monoisotopic (exact) mass is 180 g/mol. The van der Waals surface area contributed by atoms with Gasteiger partial charge in [0.05, 0.1) is 26.4 Å². The molecule has 0 aliphatic rings. The van der Waals surface area contributed by atoms with E-state index < -0.39 is 0 Å². The Hall–Kier alpha value is -0.200. The van der Waals surface area contributed by atoms with Crippen molar-refractivity contribution in [3.63, 3.8) is 0 Å². The summed E-state index contributed by atoms with van der Waals surface area (Å²) in [6.45, 7) is 3.56. The molecule has 5 heteroatoms. The molecule has 5 nitrogen and oxygen atoms in total. The second-order valence-corrected chi connectivity index (χ2v) is 1.80. The number of aliphatic hydroxyl groups is 1. The van der Waals surface area contributed by atoms with Crippen LogP contribution in [-0.4, -0.2) is 51.7 Å². The molecule has 0 unspecified atom stereocenters. The van der Waals surface area contributed by atoms with E-state index in [1.54, 1.807) is 0 Å². The summed E-state index contributed by atoms with van der Waals surface area (Å²) in [6, 6.07) is 0. The SMILES string of the molecule is CO.NCCOCCOCCN. The summed E-state index contributed by atoms with van der Waals surface area (Å²) >= 11 is 0. The van der Waals surface area contributed by atoms with Gasteiger partial charge >= 0.3 is 0 Å². The van der Waals surface area contributed by atoms with E-state index >= 15 is 0 Å². The summed E-state index contributed by atoms with van der Waals surface area (Å²) in [5.41, 5.74) is 10.4. The summed E-state index contributed by atoms with van der Waals surface area (Å²) < 4.78 is 10.1. The molecule has 0 bridgehead atoms. The lowest BCUT2D eigenvalue weighted by Gasteiger charge is -2.02. The van der Waals surface area contributed by atoms with Gasteiger partial charge in [0.15, 0.2) is 0 Å². The van der Waals surface area contributed by atoms with Gasteiger partial charge in [0.2, 0.25) is 0 Å². The molecule has 0 saturated heterocycles. The van der Waals surface area contributed by atoms with E-state index in [1.807, 2.05) is 0 Å². The molecule has 0 saturated carbocycles. The Bertz CT molecular complexity index is 56.6. The lowest BCUT2D eigenvalue weighted by molar-refractivity contribution is 0.0538. The van der Waals surface area contributed by atoms with Crippen molar-refractivity contribution in [2.24, 2.45) is 11.5 Å². The van der Waals surface area contributed by atoms with Gasteiger partial charge in [-0.1, -0.05) is 0 Å². The normalized spacial score (nSPS) is 9.00. The van der Waals surface area contributed by atoms with E-state index in [4.69, 9.17) is 26.0 Å². The smallest absolute Gasteiger partial charge is 0.0701 e. The van der Waals surface area contributed by atoms with Crippen LogP contribution in [0, 0.1) is 0 Å². The van der Waals surface area contributed by atoms with Gasteiger partial charge in [0.25, 0.3) is 0 Å². The highest BCUT2D eigenvalue weighted by Crippen LogP contribution is 1.75. The van der Waals surface area contributed by atoms with Crippen LogP contribution < -0.4 is 11.5 Å². The second-order valence-electron chi connectivity index (χ2n) is 1.80. The molecule has 0 aliphatic carbocycles. The Morgan fingerprint density at radius 3 is 1.42 bits per heavy atom. The molecule has 0 aliphatic heterocycles. The predicted octanol–water partition coefficient (Wildman–Crippen LogP) is -1.45. The average molecular weight is 180 g/mol. The maximum absolute atomic E-state index is 7.00. The third-order valence-electron chi connectivity index (χ3n) is 0.896. The second kappa shape index (κ2) is 17.0. The molecule has 0 spiro atoms. The van der Waals surface area contributed by atoms with E-state index in [9.17, 15) is 0 Å². The van der Waals surface area contributed by atoms with Gasteiger partial charge in [-0.3, -0.25) is 0 Å². The van der Waals surface area contributed by atoms with E-state index in [0.717, 1.165) is 7.11 Å². The van der Waals surface area contributed by atoms with Crippen LogP contribution in [0.5, 0.6) is 0 Å². The predicted molar refractivity (Wildman–Crippen MR) is 47.9 cm³/mol. The average Bonchev–Trinajstić information content (AvgIpc) is 2.15. The van der Waals surface area contributed by atoms with E-state index in [1.165, 1.54) is 0 Å². The lowest BCUT2D eigenvalue weighted by atomic mass is 10.7. The highest BCUT2D eigenvalue weighted by molar-refractivity contribution is 4.34. The minimum atomic E-state index is 0.566. The summed E-state index contributed by atoms with van der Waals surface area (Å²) in [7, 11) is 1.00. The molecule has 0 aromatic rings. The van der Waals surface area contributed by atoms with Crippen LogP contribution in [0.4, 0.5) is 0 Å². The maximum Gasteiger partial charge on any atom is 0.0701 e. The van der Waals surface area contributed by atoms with Crippen molar-refractivity contribution < 1.29 is 14.6 Å². The third kappa shape index (κ3) is 16.4. The summed E-state index contributed by atoms with van der Waals surface area (Å²) in [5.74, 6) is 0. The molecule has 0 amide bonds. The van der Waals surface area contributed by atoms with E-state index in [2.05, 4.69) is 0 Å². The van der Waals surface area contributed by atoms with Crippen LogP contribution >= 0.6 is 0 Å². The van der Waals surface area contributed by atoms with Crippen LogP contribution in [0.15, 0.2) is 0 Å². The van der Waals surface area contributed by atoms with Crippen molar-refractivity contribution in [1.82, 2.24) is 0 Å². The molecule has 0 fully saturated rings. The largest absolute Gasteiger partial charge is 0.400 e. The fraction of sp³-hybridized carbons (Fsp3) is 1.00. The van der Waals surface area contributed by atoms with Crippen LogP contribution in [-0.2, 0) is 9.47 Å². The fourth-order valence-electron chi connectivity index (χ4n) is 0.489. The molecule has 76 valence electrons. The number of ether oxygens (including phenoxy) is 2. The highest BCUT2D eigenvalue weighted by Gasteiger charge is 1.85. The number of nitrogens with two attached hydrogens (primary N) is 2. The van der Waals surface area contributed by atoms with Gasteiger partial charge in [-0.05, 0) is 0 Å². The number of rotatable bonds is 7. The van der Waals surface area contributed by atoms with Gasteiger partial charge in [-0.15, -0.1) is 0 Å². The molecule has 5 N–H and O–H groups in total. The van der Waals surface area contributed by atoms with Gasteiger partial charge in [0.1, 0.15) is 0 Å². The molecule has 0 atom stereocenters. The quantitative estimate of drug-likeness (QED) is 0.417. The zero-order chi connectivity index (χ0) is 9.66. The van der Waals surface area contributed by atoms with E-state index in [-0.39, 0.29) is 0 Å². The molecule has 0 heterocycles. The van der Waals surface area contributed by atoms with Crippen molar-refractivity contribution in [2.75, 3.05) is 46.6 Å². The Balaban J connectivity index is 0. The summed E-state index contributed by atoms with van der Waals surface area (Å²) in [5, 5.41) is 7.00. The van der Waals surface area contributed by atoms with Crippen molar-refractivity contribution in [3.05, 3.63) is 0 Å². The standard InChI is InChI=1S/C6H16N2O2.CH4O/c7-1-3-9-5-6-10-4-2-8;1-2/h1-8H2;2H,1H3. The minimum Gasteiger partial charge on any atom is -0.400 e. The molecule has 0 radical (unpaired) electrons. The first-order valence-electron chi connectivity index (χ1n) is 3.92. The molecule has 0 rings (SSSR count). The molecular formula is C7H20N2O3. The summed E-state index contributed by atoms with van der Waals surface area (Å²) in [6.07, 6.45) is 0. The van der Waals surface area contributed by atoms with Crippen LogP contribution in [0.3, 0.4) is 0 Å².